The van der Waals surface area contributed by atoms with Crippen molar-refractivity contribution in [2.24, 2.45) is 0 Å². The number of nitrogens with one attached hydrogen (secondary N) is 1. The normalized spacial score (nSPS) is 15.8. The highest BCUT2D eigenvalue weighted by atomic mass is 79.9. The maximum Gasteiger partial charge on any atom is 0.353 e. The lowest BCUT2D eigenvalue weighted by molar-refractivity contribution is 0.0690. The number of hydrogen-bond acceptors (Lipinski definition) is 3. The quantitative estimate of drug-likeness (QED) is 0.882. The summed E-state index contributed by atoms with van der Waals surface area (Å²) < 4.78 is 6.75. The van der Waals surface area contributed by atoms with E-state index in [9.17, 15) is 4.79 Å². The van der Waals surface area contributed by atoms with Crippen molar-refractivity contribution >= 4 is 21.9 Å². The van der Waals surface area contributed by atoms with Crippen LogP contribution in [-0.2, 0) is 6.42 Å². The number of fused-ring (bicyclic) bond motifs is 1. The minimum Gasteiger partial charge on any atom is -0.486 e. The topological polar surface area (TPSA) is 75.2 Å². The second-order valence-corrected chi connectivity index (χ2v) is 6.31. The van der Waals surface area contributed by atoms with Crippen molar-refractivity contribution in [1.29, 1.82) is 0 Å². The fourth-order valence-electron chi connectivity index (χ4n) is 2.39. The summed E-state index contributed by atoms with van der Waals surface area (Å²) in [6.45, 7) is 4.08. The number of aromatic amines is 1. The predicted octanol–water partition coefficient (Wildman–Crippen LogP) is 3.25. The first-order valence-electron chi connectivity index (χ1n) is 6.16. The molecule has 104 valence electrons. The lowest BCUT2D eigenvalue weighted by Crippen LogP contribution is -2.24. The zero-order valence-corrected chi connectivity index (χ0v) is 12.6. The summed E-state index contributed by atoms with van der Waals surface area (Å²) in [4.78, 5) is 10.9. The molecular weight excluding hydrogens is 324 g/mol. The van der Waals surface area contributed by atoms with E-state index in [1.165, 1.54) is 6.07 Å². The molecule has 1 aliphatic heterocycles. The summed E-state index contributed by atoms with van der Waals surface area (Å²) in [5.74, 6) is -0.166. The first-order valence-corrected chi connectivity index (χ1v) is 6.95. The Morgan fingerprint density at radius 3 is 2.85 bits per heavy atom. The molecule has 0 unspecified atom stereocenters. The number of ether oxygens (including phenoxy) is 1. The third-order valence-electron chi connectivity index (χ3n) is 3.22. The fourth-order valence-corrected chi connectivity index (χ4v) is 2.98. The Morgan fingerprint density at radius 2 is 2.20 bits per heavy atom. The van der Waals surface area contributed by atoms with Gasteiger partial charge in [0, 0.05) is 12.0 Å². The van der Waals surface area contributed by atoms with E-state index in [4.69, 9.17) is 9.84 Å². The number of nitrogens with zero attached hydrogens (tertiary/aromatic N) is 1. The van der Waals surface area contributed by atoms with E-state index in [0.717, 1.165) is 27.8 Å². The Bertz CT molecular complexity index is 706. The third kappa shape index (κ3) is 2.20. The number of rotatable bonds is 2. The molecule has 2 heterocycles. The highest BCUT2D eigenvalue weighted by molar-refractivity contribution is 9.10. The van der Waals surface area contributed by atoms with Crippen molar-refractivity contribution in [2.45, 2.75) is 25.9 Å². The van der Waals surface area contributed by atoms with E-state index in [1.807, 2.05) is 26.0 Å². The number of carboxylic acid groups (broad SMARTS) is 1. The molecule has 20 heavy (non-hydrogen) atoms. The molecule has 0 saturated carbocycles. The van der Waals surface area contributed by atoms with Crippen LogP contribution >= 0.6 is 15.9 Å². The summed E-state index contributed by atoms with van der Waals surface area (Å²) in [7, 11) is 0. The van der Waals surface area contributed by atoms with E-state index in [-0.39, 0.29) is 11.3 Å². The maximum absolute atomic E-state index is 10.9. The van der Waals surface area contributed by atoms with Gasteiger partial charge in [-0.3, -0.25) is 5.10 Å². The van der Waals surface area contributed by atoms with Gasteiger partial charge < -0.3 is 9.84 Å². The van der Waals surface area contributed by atoms with Crippen molar-refractivity contribution in [3.8, 4) is 17.0 Å². The van der Waals surface area contributed by atoms with Crippen molar-refractivity contribution in [3.63, 3.8) is 0 Å². The largest absolute Gasteiger partial charge is 0.486 e. The minimum absolute atomic E-state index is 0.0770. The Balaban J connectivity index is 2.04. The smallest absolute Gasteiger partial charge is 0.353 e. The van der Waals surface area contributed by atoms with Gasteiger partial charge in [-0.1, -0.05) is 0 Å². The van der Waals surface area contributed by atoms with Crippen LogP contribution in [0.15, 0.2) is 22.7 Å². The van der Waals surface area contributed by atoms with E-state index in [2.05, 4.69) is 26.1 Å². The standard InChI is InChI=1S/C14H13BrN2O3/c1-14(2)6-8-3-7(4-9(15)12(8)20-14)10-5-11(13(18)19)17-16-10/h3-5H,6H2,1-2H3,(H,16,17)(H,18,19). The Kier molecular flexibility index (Phi) is 2.86. The molecule has 0 spiro atoms. The Morgan fingerprint density at radius 1 is 1.45 bits per heavy atom. The van der Waals surface area contributed by atoms with E-state index >= 15 is 0 Å². The monoisotopic (exact) mass is 336 g/mol. The van der Waals surface area contributed by atoms with Gasteiger partial charge in [0.1, 0.15) is 17.0 Å². The molecule has 0 fully saturated rings. The number of H-pyrrole nitrogens is 1. The SMILES string of the molecule is CC1(C)Cc2cc(-c3cc(C(=O)O)[nH]n3)cc(Br)c2O1. The number of carbonyl (C=O) groups is 1. The van der Waals surface area contributed by atoms with Crippen LogP contribution in [0.2, 0.25) is 0 Å². The number of carboxylic acids is 1. The summed E-state index contributed by atoms with van der Waals surface area (Å²) in [6, 6.07) is 5.41. The highest BCUT2D eigenvalue weighted by Crippen LogP contribution is 2.42. The molecule has 0 amide bonds. The second-order valence-electron chi connectivity index (χ2n) is 5.46. The summed E-state index contributed by atoms with van der Waals surface area (Å²) in [6.07, 6.45) is 0.810. The molecule has 5 nitrogen and oxygen atoms in total. The first kappa shape index (κ1) is 13.2. The highest BCUT2D eigenvalue weighted by Gasteiger charge is 2.32. The van der Waals surface area contributed by atoms with Gasteiger partial charge in [0.2, 0.25) is 0 Å². The lowest BCUT2D eigenvalue weighted by atomic mass is 9.99. The summed E-state index contributed by atoms with van der Waals surface area (Å²) >= 11 is 3.50. The second kappa shape index (κ2) is 4.34. The average Bonchev–Trinajstić information content (AvgIpc) is 2.92. The van der Waals surface area contributed by atoms with Crippen molar-refractivity contribution < 1.29 is 14.6 Å². The van der Waals surface area contributed by atoms with Crippen LogP contribution < -0.4 is 4.74 Å². The van der Waals surface area contributed by atoms with Crippen LogP contribution in [-0.4, -0.2) is 26.9 Å². The van der Waals surface area contributed by atoms with Crippen molar-refractivity contribution in [2.75, 3.05) is 0 Å². The number of aromatic carboxylic acids is 1. The number of aromatic nitrogens is 2. The van der Waals surface area contributed by atoms with Gasteiger partial charge in [0.25, 0.3) is 0 Å². The van der Waals surface area contributed by atoms with E-state index < -0.39 is 5.97 Å². The first-order chi connectivity index (χ1) is 9.35. The van der Waals surface area contributed by atoms with E-state index in [0.29, 0.717) is 5.69 Å². The Labute approximate surface area is 124 Å². The molecule has 6 heteroatoms. The molecular formula is C14H13BrN2O3. The van der Waals surface area contributed by atoms with Gasteiger partial charge >= 0.3 is 5.97 Å². The van der Waals surface area contributed by atoms with Gasteiger partial charge in [0.05, 0.1) is 10.2 Å². The van der Waals surface area contributed by atoms with Gasteiger partial charge in [-0.25, -0.2) is 4.79 Å². The molecule has 0 bridgehead atoms. The number of halogens is 1. The molecule has 0 aliphatic carbocycles. The number of hydrogen-bond donors (Lipinski definition) is 2. The molecule has 3 rings (SSSR count). The van der Waals surface area contributed by atoms with Crippen LogP contribution in [0.4, 0.5) is 0 Å². The lowest BCUT2D eigenvalue weighted by Gasteiger charge is -2.17. The zero-order chi connectivity index (χ0) is 14.5. The van der Waals surface area contributed by atoms with Crippen LogP contribution in [0.3, 0.4) is 0 Å². The van der Waals surface area contributed by atoms with Crippen LogP contribution in [0.5, 0.6) is 5.75 Å². The third-order valence-corrected chi connectivity index (χ3v) is 3.81. The summed E-state index contributed by atoms with van der Waals surface area (Å²) in [5.41, 5.74) is 2.42. The molecule has 2 N–H and O–H groups in total. The van der Waals surface area contributed by atoms with Crippen LogP contribution in [0, 0.1) is 0 Å². The Hall–Kier alpha value is -1.82. The van der Waals surface area contributed by atoms with Crippen LogP contribution in [0.25, 0.3) is 11.3 Å². The molecule has 0 atom stereocenters. The van der Waals surface area contributed by atoms with Crippen molar-refractivity contribution in [1.82, 2.24) is 10.2 Å². The maximum atomic E-state index is 10.9. The van der Waals surface area contributed by atoms with Gasteiger partial charge in [-0.05, 0) is 53.5 Å². The zero-order valence-electron chi connectivity index (χ0n) is 11.0. The molecule has 0 radical (unpaired) electrons. The van der Waals surface area contributed by atoms with Crippen LogP contribution in [0.1, 0.15) is 29.9 Å². The number of benzene rings is 1. The molecule has 1 aromatic heterocycles. The molecule has 2 aromatic rings. The molecule has 1 aliphatic rings. The fraction of sp³-hybridized carbons (Fsp3) is 0.286. The van der Waals surface area contributed by atoms with Crippen molar-refractivity contribution in [3.05, 3.63) is 33.9 Å². The van der Waals surface area contributed by atoms with Gasteiger partial charge in [-0.2, -0.15) is 5.10 Å². The molecule has 0 saturated heterocycles. The average molecular weight is 337 g/mol. The summed E-state index contributed by atoms with van der Waals surface area (Å²) in [5, 5.41) is 15.5. The van der Waals surface area contributed by atoms with Gasteiger partial charge in [0.15, 0.2) is 0 Å². The molecule has 1 aromatic carbocycles. The van der Waals surface area contributed by atoms with E-state index in [1.54, 1.807) is 0 Å². The van der Waals surface area contributed by atoms with Gasteiger partial charge in [-0.15, -0.1) is 0 Å². The minimum atomic E-state index is -1.02. The predicted molar refractivity (Wildman–Crippen MR) is 77.1 cm³/mol.